The third-order valence-electron chi connectivity index (χ3n) is 2.80. The second-order valence-corrected chi connectivity index (χ2v) is 6.29. The average Bonchev–Trinajstić information content (AvgIpc) is 2.29. The summed E-state index contributed by atoms with van der Waals surface area (Å²) in [5, 5.41) is 12.7. The molecule has 0 aliphatic carbocycles. The van der Waals surface area contributed by atoms with Gasteiger partial charge in [-0.25, -0.2) is 0 Å². The normalized spacial score (nSPS) is 16.4. The number of aromatic hydroxyl groups is 1. The van der Waals surface area contributed by atoms with Crippen LogP contribution in [0.2, 0.25) is 0 Å². The van der Waals surface area contributed by atoms with E-state index in [1.165, 1.54) is 5.56 Å². The molecule has 0 aliphatic rings. The Morgan fingerprint density at radius 3 is 2.41 bits per heavy atom. The van der Waals surface area contributed by atoms with Gasteiger partial charge in [-0.2, -0.15) is 0 Å². The monoisotopic (exact) mass is 255 g/mol. The van der Waals surface area contributed by atoms with Crippen molar-refractivity contribution in [3.63, 3.8) is 0 Å². The summed E-state index contributed by atoms with van der Waals surface area (Å²) in [6.07, 6.45) is 2.64. The van der Waals surface area contributed by atoms with Crippen molar-refractivity contribution in [1.82, 2.24) is 5.32 Å². The van der Waals surface area contributed by atoms with Gasteiger partial charge in [-0.05, 0) is 38.0 Å². The van der Waals surface area contributed by atoms with Crippen LogP contribution in [0, 0.1) is 0 Å². The molecule has 0 aromatic heterocycles. The number of benzene rings is 1. The van der Waals surface area contributed by atoms with Gasteiger partial charge < -0.3 is 10.4 Å². The first-order valence-electron chi connectivity index (χ1n) is 5.82. The zero-order valence-corrected chi connectivity index (χ0v) is 11.5. The number of phenols is 1. The minimum Gasteiger partial charge on any atom is -0.508 e. The molecular formula is C13H21NO2S. The second-order valence-electron chi connectivity index (χ2n) is 4.49. The molecule has 3 nitrogen and oxygen atoms in total. The van der Waals surface area contributed by atoms with E-state index in [-0.39, 0.29) is 5.25 Å². The van der Waals surface area contributed by atoms with Crippen LogP contribution in [0.5, 0.6) is 5.75 Å². The van der Waals surface area contributed by atoms with E-state index in [1.807, 2.05) is 19.1 Å². The number of hydrogen-bond acceptors (Lipinski definition) is 3. The first-order chi connectivity index (χ1) is 7.99. The smallest absolute Gasteiger partial charge is 0.115 e. The third-order valence-corrected chi connectivity index (χ3v) is 4.10. The summed E-state index contributed by atoms with van der Waals surface area (Å²) in [7, 11) is -0.772. The largest absolute Gasteiger partial charge is 0.508 e. The molecule has 1 aromatic rings. The molecule has 0 fully saturated rings. The van der Waals surface area contributed by atoms with Gasteiger partial charge in [0.25, 0.3) is 0 Å². The van der Waals surface area contributed by atoms with Crippen LogP contribution in [0.15, 0.2) is 24.3 Å². The lowest BCUT2D eigenvalue weighted by Gasteiger charge is -2.16. The highest BCUT2D eigenvalue weighted by Crippen LogP contribution is 2.11. The summed E-state index contributed by atoms with van der Waals surface area (Å²) in [6.45, 7) is 4.86. The van der Waals surface area contributed by atoms with Gasteiger partial charge in [-0.1, -0.05) is 12.1 Å². The number of phenolic OH excluding ortho intramolecular Hbond substituents is 1. The molecule has 0 spiro atoms. The fourth-order valence-electron chi connectivity index (χ4n) is 1.54. The van der Waals surface area contributed by atoms with E-state index < -0.39 is 10.8 Å². The maximum Gasteiger partial charge on any atom is 0.115 e. The zero-order chi connectivity index (χ0) is 12.8. The highest BCUT2D eigenvalue weighted by atomic mass is 32.2. The Hall–Kier alpha value is -0.870. The van der Waals surface area contributed by atoms with E-state index in [1.54, 1.807) is 18.4 Å². The van der Waals surface area contributed by atoms with Crippen LogP contribution in [0.3, 0.4) is 0 Å². The number of hydrogen-bond donors (Lipinski definition) is 2. The summed E-state index contributed by atoms with van der Waals surface area (Å²) in [5.41, 5.74) is 1.19. The van der Waals surface area contributed by atoms with Crippen LogP contribution < -0.4 is 5.32 Å². The minimum atomic E-state index is -0.772. The van der Waals surface area contributed by atoms with Gasteiger partial charge in [0.1, 0.15) is 5.75 Å². The Bertz CT molecular complexity index is 364. The van der Waals surface area contributed by atoms with Gasteiger partial charge >= 0.3 is 0 Å². The molecule has 0 radical (unpaired) electrons. The van der Waals surface area contributed by atoms with E-state index >= 15 is 0 Å². The predicted molar refractivity (Wildman–Crippen MR) is 72.8 cm³/mol. The molecule has 0 heterocycles. The number of rotatable bonds is 6. The lowest BCUT2D eigenvalue weighted by molar-refractivity contribution is 0.474. The van der Waals surface area contributed by atoms with Crippen molar-refractivity contribution in [1.29, 1.82) is 0 Å². The van der Waals surface area contributed by atoms with E-state index in [4.69, 9.17) is 0 Å². The van der Waals surface area contributed by atoms with Gasteiger partial charge in [0.2, 0.25) is 0 Å². The minimum absolute atomic E-state index is 0.178. The fraction of sp³-hybridized carbons (Fsp3) is 0.538. The molecule has 0 bridgehead atoms. The zero-order valence-electron chi connectivity index (χ0n) is 10.6. The molecule has 1 rings (SSSR count). The van der Waals surface area contributed by atoms with Crippen LogP contribution in [-0.4, -0.2) is 33.4 Å². The van der Waals surface area contributed by atoms with Gasteiger partial charge in [0.05, 0.1) is 0 Å². The summed E-state index contributed by atoms with van der Waals surface area (Å²) in [5.74, 6) is 0.296. The molecule has 1 aromatic carbocycles. The van der Waals surface area contributed by atoms with Gasteiger partial charge in [0.15, 0.2) is 0 Å². The SMILES string of the molecule is CC(Cc1ccc(O)cc1)NCC(C)S(C)=O. The molecule has 0 saturated carbocycles. The maximum absolute atomic E-state index is 11.2. The van der Waals surface area contributed by atoms with Crippen molar-refractivity contribution < 1.29 is 9.32 Å². The van der Waals surface area contributed by atoms with Crippen LogP contribution >= 0.6 is 0 Å². The van der Waals surface area contributed by atoms with Crippen molar-refractivity contribution in [3.05, 3.63) is 29.8 Å². The van der Waals surface area contributed by atoms with Crippen molar-refractivity contribution >= 4 is 10.8 Å². The van der Waals surface area contributed by atoms with Crippen molar-refractivity contribution in [2.45, 2.75) is 31.6 Å². The van der Waals surface area contributed by atoms with Crippen LogP contribution in [-0.2, 0) is 17.2 Å². The van der Waals surface area contributed by atoms with E-state index in [2.05, 4.69) is 12.2 Å². The second kappa shape index (κ2) is 6.77. The Labute approximate surface area is 106 Å². The van der Waals surface area contributed by atoms with Gasteiger partial charge in [-0.3, -0.25) is 4.21 Å². The maximum atomic E-state index is 11.2. The third kappa shape index (κ3) is 5.33. The molecule has 3 atom stereocenters. The van der Waals surface area contributed by atoms with Crippen LogP contribution in [0.4, 0.5) is 0 Å². The lowest BCUT2D eigenvalue weighted by Crippen LogP contribution is -2.35. The van der Waals surface area contributed by atoms with E-state index in [0.29, 0.717) is 11.8 Å². The quantitative estimate of drug-likeness (QED) is 0.813. The Morgan fingerprint density at radius 2 is 1.88 bits per heavy atom. The first-order valence-corrected chi connectivity index (χ1v) is 7.44. The van der Waals surface area contributed by atoms with Crippen molar-refractivity contribution in [2.75, 3.05) is 12.8 Å². The van der Waals surface area contributed by atoms with Crippen LogP contribution in [0.1, 0.15) is 19.4 Å². The Kier molecular flexibility index (Phi) is 5.65. The molecule has 4 heteroatoms. The standard InChI is InChI=1S/C13H21NO2S/c1-10(14-9-11(2)17(3)16)8-12-4-6-13(15)7-5-12/h4-7,10-11,14-15H,8-9H2,1-3H3. The first kappa shape index (κ1) is 14.2. The van der Waals surface area contributed by atoms with Gasteiger partial charge in [0, 0.05) is 34.9 Å². The predicted octanol–water partition coefficient (Wildman–Crippen LogP) is 1.68. The fourth-order valence-corrected chi connectivity index (χ4v) is 1.87. The van der Waals surface area contributed by atoms with Crippen LogP contribution in [0.25, 0.3) is 0 Å². The lowest BCUT2D eigenvalue weighted by atomic mass is 10.1. The summed E-state index contributed by atoms with van der Waals surface area (Å²) in [6, 6.07) is 7.59. The molecule has 96 valence electrons. The number of nitrogens with one attached hydrogen (secondary N) is 1. The Morgan fingerprint density at radius 1 is 1.29 bits per heavy atom. The summed E-state index contributed by atoms with van der Waals surface area (Å²) >= 11 is 0. The average molecular weight is 255 g/mol. The molecule has 3 unspecified atom stereocenters. The molecule has 0 aliphatic heterocycles. The molecule has 2 N–H and O–H groups in total. The van der Waals surface area contributed by atoms with E-state index in [9.17, 15) is 9.32 Å². The summed E-state index contributed by atoms with van der Waals surface area (Å²) < 4.78 is 11.2. The highest BCUT2D eigenvalue weighted by Gasteiger charge is 2.08. The van der Waals surface area contributed by atoms with Gasteiger partial charge in [-0.15, -0.1) is 0 Å². The molecular weight excluding hydrogens is 234 g/mol. The molecule has 0 saturated heterocycles. The van der Waals surface area contributed by atoms with Crippen molar-refractivity contribution in [3.8, 4) is 5.75 Å². The van der Waals surface area contributed by atoms with E-state index in [0.717, 1.165) is 13.0 Å². The Balaban J connectivity index is 2.36. The van der Waals surface area contributed by atoms with Crippen molar-refractivity contribution in [2.24, 2.45) is 0 Å². The topological polar surface area (TPSA) is 49.3 Å². The molecule has 17 heavy (non-hydrogen) atoms. The summed E-state index contributed by atoms with van der Waals surface area (Å²) in [4.78, 5) is 0. The highest BCUT2D eigenvalue weighted by molar-refractivity contribution is 7.84. The molecule has 0 amide bonds.